The van der Waals surface area contributed by atoms with Crippen molar-refractivity contribution in [3.63, 3.8) is 0 Å². The normalized spacial score (nSPS) is 11.4. The molecule has 0 aliphatic carbocycles. The molecule has 7 heteroatoms. The summed E-state index contributed by atoms with van der Waals surface area (Å²) < 4.78 is 26.9. The molecule has 0 saturated carbocycles. The van der Waals surface area contributed by atoms with E-state index < -0.39 is 10.0 Å². The zero-order valence-electron chi connectivity index (χ0n) is 11.6. The van der Waals surface area contributed by atoms with Crippen molar-refractivity contribution in [1.82, 2.24) is 4.72 Å². The lowest BCUT2D eigenvalue weighted by molar-refractivity contribution is 0.101. The number of Topliss-reactive ketones (excluding diaryl/α,β-unsaturated/α-hetero) is 1. The molecule has 0 aromatic heterocycles. The van der Waals surface area contributed by atoms with E-state index in [0.29, 0.717) is 21.2 Å². The van der Waals surface area contributed by atoms with Crippen LogP contribution in [0.1, 0.15) is 22.8 Å². The second-order valence-electron chi connectivity index (χ2n) is 4.64. The Kier molecular flexibility index (Phi) is 5.24. The smallest absolute Gasteiger partial charge is 0.240 e. The summed E-state index contributed by atoms with van der Waals surface area (Å²) in [4.78, 5) is 11.3. The first-order valence-electron chi connectivity index (χ1n) is 6.34. The predicted octanol–water partition coefficient (Wildman–Crippen LogP) is 3.67. The van der Waals surface area contributed by atoms with Gasteiger partial charge in [-0.05, 0) is 36.8 Å². The predicted molar refractivity (Wildman–Crippen MR) is 86.9 cm³/mol. The van der Waals surface area contributed by atoms with Crippen LogP contribution in [-0.4, -0.2) is 14.2 Å². The Labute approximate surface area is 139 Å². The van der Waals surface area contributed by atoms with Crippen molar-refractivity contribution >= 4 is 39.0 Å². The van der Waals surface area contributed by atoms with E-state index in [1.54, 1.807) is 18.2 Å². The summed E-state index contributed by atoms with van der Waals surface area (Å²) in [6, 6.07) is 10.6. The molecule has 0 aliphatic heterocycles. The Balaban J connectivity index is 2.15. The molecule has 116 valence electrons. The first kappa shape index (κ1) is 17.0. The zero-order chi connectivity index (χ0) is 16.3. The minimum atomic E-state index is -3.68. The number of benzene rings is 2. The van der Waals surface area contributed by atoms with Gasteiger partial charge in [-0.1, -0.05) is 41.4 Å². The van der Waals surface area contributed by atoms with Crippen LogP contribution >= 0.6 is 23.2 Å². The largest absolute Gasteiger partial charge is 0.295 e. The van der Waals surface area contributed by atoms with Crippen molar-refractivity contribution in [1.29, 1.82) is 0 Å². The van der Waals surface area contributed by atoms with Crippen LogP contribution in [0.15, 0.2) is 47.4 Å². The summed E-state index contributed by atoms with van der Waals surface area (Å²) in [7, 11) is -3.68. The molecule has 2 aromatic rings. The van der Waals surface area contributed by atoms with Crippen LogP contribution in [0.25, 0.3) is 0 Å². The first-order chi connectivity index (χ1) is 10.3. The van der Waals surface area contributed by atoms with Crippen LogP contribution < -0.4 is 4.72 Å². The number of hydrogen-bond acceptors (Lipinski definition) is 3. The summed E-state index contributed by atoms with van der Waals surface area (Å²) in [5.74, 6) is -0.121. The Morgan fingerprint density at radius 1 is 1.09 bits per heavy atom. The fourth-order valence-electron chi connectivity index (χ4n) is 1.79. The molecule has 0 saturated heterocycles. The fraction of sp³-hybridized carbons (Fsp3) is 0.133. The van der Waals surface area contributed by atoms with Crippen LogP contribution in [0, 0.1) is 0 Å². The molecular formula is C15H13Cl2NO3S. The highest BCUT2D eigenvalue weighted by molar-refractivity contribution is 7.89. The van der Waals surface area contributed by atoms with Crippen molar-refractivity contribution in [3.05, 3.63) is 63.6 Å². The molecule has 4 nitrogen and oxygen atoms in total. The number of rotatable bonds is 5. The van der Waals surface area contributed by atoms with Gasteiger partial charge >= 0.3 is 0 Å². The van der Waals surface area contributed by atoms with E-state index in [9.17, 15) is 13.2 Å². The third-order valence-electron chi connectivity index (χ3n) is 3.04. The lowest BCUT2D eigenvalue weighted by Crippen LogP contribution is -2.23. The average molecular weight is 358 g/mol. The maximum absolute atomic E-state index is 12.2. The van der Waals surface area contributed by atoms with Crippen LogP contribution in [-0.2, 0) is 16.6 Å². The topological polar surface area (TPSA) is 63.2 Å². The molecule has 0 heterocycles. The number of ketones is 1. The Morgan fingerprint density at radius 3 is 2.27 bits per heavy atom. The average Bonchev–Trinajstić information content (AvgIpc) is 2.46. The third kappa shape index (κ3) is 4.08. The summed E-state index contributed by atoms with van der Waals surface area (Å²) in [5.41, 5.74) is 1.08. The Bertz CT molecular complexity index is 802. The Morgan fingerprint density at radius 2 is 1.73 bits per heavy atom. The van der Waals surface area contributed by atoms with Crippen LogP contribution in [0.2, 0.25) is 10.0 Å². The quantitative estimate of drug-likeness (QED) is 0.830. The van der Waals surface area contributed by atoms with Crippen LogP contribution in [0.5, 0.6) is 0 Å². The minimum Gasteiger partial charge on any atom is -0.295 e. The summed E-state index contributed by atoms with van der Waals surface area (Å²) in [6.07, 6.45) is 0. The van der Waals surface area contributed by atoms with E-state index in [0.717, 1.165) is 0 Å². The first-order valence-corrected chi connectivity index (χ1v) is 8.58. The lowest BCUT2D eigenvalue weighted by Gasteiger charge is -2.09. The molecular weight excluding hydrogens is 345 g/mol. The standard InChI is InChI=1S/C15H13Cl2NO3S/c1-10(19)11-3-6-14(7-4-11)22(20,21)18-9-12-2-5-13(16)8-15(12)17/h2-8,18H,9H2,1H3. The zero-order valence-corrected chi connectivity index (χ0v) is 14.0. The Hall–Kier alpha value is -1.40. The van der Waals surface area contributed by atoms with Gasteiger partial charge in [0.2, 0.25) is 10.0 Å². The summed E-state index contributed by atoms with van der Waals surface area (Å²) in [5, 5.41) is 0.874. The van der Waals surface area contributed by atoms with Gasteiger partial charge in [-0.25, -0.2) is 13.1 Å². The van der Waals surface area contributed by atoms with Crippen molar-refractivity contribution in [2.24, 2.45) is 0 Å². The molecule has 22 heavy (non-hydrogen) atoms. The molecule has 0 unspecified atom stereocenters. The SMILES string of the molecule is CC(=O)c1ccc(S(=O)(=O)NCc2ccc(Cl)cc2Cl)cc1. The molecule has 0 amide bonds. The molecule has 0 fully saturated rings. The van der Waals surface area contributed by atoms with Gasteiger partial charge in [0.15, 0.2) is 5.78 Å². The van der Waals surface area contributed by atoms with E-state index in [-0.39, 0.29) is 17.2 Å². The second kappa shape index (κ2) is 6.79. The molecule has 0 atom stereocenters. The third-order valence-corrected chi connectivity index (χ3v) is 5.04. The van der Waals surface area contributed by atoms with Gasteiger partial charge in [0.25, 0.3) is 0 Å². The van der Waals surface area contributed by atoms with Gasteiger partial charge in [0.05, 0.1) is 4.90 Å². The fourth-order valence-corrected chi connectivity index (χ4v) is 3.27. The van der Waals surface area contributed by atoms with Gasteiger partial charge in [-0.3, -0.25) is 4.79 Å². The van der Waals surface area contributed by atoms with E-state index in [2.05, 4.69) is 4.72 Å². The number of carbonyl (C=O) groups excluding carboxylic acids is 1. The monoisotopic (exact) mass is 357 g/mol. The van der Waals surface area contributed by atoms with Crippen molar-refractivity contribution in [3.8, 4) is 0 Å². The highest BCUT2D eigenvalue weighted by atomic mass is 35.5. The van der Waals surface area contributed by atoms with Crippen molar-refractivity contribution in [2.75, 3.05) is 0 Å². The van der Waals surface area contributed by atoms with E-state index >= 15 is 0 Å². The van der Waals surface area contributed by atoms with Gasteiger partial charge in [-0.15, -0.1) is 0 Å². The highest BCUT2D eigenvalue weighted by Gasteiger charge is 2.15. The lowest BCUT2D eigenvalue weighted by atomic mass is 10.2. The summed E-state index contributed by atoms with van der Waals surface area (Å²) in [6.45, 7) is 1.47. The molecule has 0 radical (unpaired) electrons. The van der Waals surface area contributed by atoms with Crippen LogP contribution in [0.4, 0.5) is 0 Å². The molecule has 2 aromatic carbocycles. The summed E-state index contributed by atoms with van der Waals surface area (Å²) >= 11 is 11.8. The highest BCUT2D eigenvalue weighted by Crippen LogP contribution is 2.21. The number of halogens is 2. The second-order valence-corrected chi connectivity index (χ2v) is 7.25. The molecule has 0 bridgehead atoms. The minimum absolute atomic E-state index is 0.0484. The molecule has 0 aliphatic rings. The van der Waals surface area contributed by atoms with E-state index in [1.807, 2.05) is 0 Å². The molecule has 2 rings (SSSR count). The van der Waals surface area contributed by atoms with Gasteiger partial charge in [0.1, 0.15) is 0 Å². The van der Waals surface area contributed by atoms with E-state index in [1.165, 1.54) is 31.2 Å². The number of sulfonamides is 1. The molecule has 1 N–H and O–H groups in total. The van der Waals surface area contributed by atoms with Crippen molar-refractivity contribution < 1.29 is 13.2 Å². The molecule has 0 spiro atoms. The maximum atomic E-state index is 12.2. The van der Waals surface area contributed by atoms with Crippen LogP contribution in [0.3, 0.4) is 0 Å². The van der Waals surface area contributed by atoms with Gasteiger partial charge in [0, 0.05) is 22.2 Å². The number of hydrogen-bond donors (Lipinski definition) is 1. The maximum Gasteiger partial charge on any atom is 0.240 e. The van der Waals surface area contributed by atoms with E-state index in [4.69, 9.17) is 23.2 Å². The van der Waals surface area contributed by atoms with Gasteiger partial charge < -0.3 is 0 Å². The van der Waals surface area contributed by atoms with Crippen molar-refractivity contribution in [2.45, 2.75) is 18.4 Å². The number of nitrogens with one attached hydrogen (secondary N) is 1. The van der Waals surface area contributed by atoms with Gasteiger partial charge in [-0.2, -0.15) is 0 Å². The number of carbonyl (C=O) groups is 1.